The maximum absolute atomic E-state index is 13.1. The number of halogens is 1. The van der Waals surface area contributed by atoms with E-state index in [0.717, 1.165) is 28.5 Å². The third-order valence-electron chi connectivity index (χ3n) is 6.20. The summed E-state index contributed by atoms with van der Waals surface area (Å²) in [6, 6.07) is 14.2. The topological polar surface area (TPSA) is 138 Å². The van der Waals surface area contributed by atoms with E-state index in [1.165, 1.54) is 12.1 Å². The highest BCUT2D eigenvalue weighted by Crippen LogP contribution is 2.38. The minimum Gasteiger partial charge on any atom is -0.391 e. The van der Waals surface area contributed by atoms with Crippen LogP contribution in [0.25, 0.3) is 17.0 Å². The monoisotopic (exact) mass is 503 g/mol. The van der Waals surface area contributed by atoms with Gasteiger partial charge in [0.15, 0.2) is 0 Å². The average Bonchev–Trinajstić information content (AvgIpc) is 3.63. The van der Waals surface area contributed by atoms with Gasteiger partial charge in [-0.05, 0) is 61.5 Å². The Hall–Kier alpha value is -4.51. The van der Waals surface area contributed by atoms with E-state index in [2.05, 4.69) is 36.0 Å². The number of nitrogens with zero attached hydrogens (tertiary/aromatic N) is 3. The molecule has 5 rings (SSSR count). The fourth-order valence-electron chi connectivity index (χ4n) is 4.46. The molecular formula is C26H26FN7O3. The number of hydrogen-bond acceptors (Lipinski definition) is 8. The Kier molecular flexibility index (Phi) is 6.69. The lowest BCUT2D eigenvalue weighted by Crippen LogP contribution is -2.45. The van der Waals surface area contributed by atoms with Crippen LogP contribution in [-0.4, -0.2) is 38.9 Å². The Morgan fingerprint density at radius 2 is 1.97 bits per heavy atom. The molecule has 0 spiro atoms. The molecule has 0 aliphatic heterocycles. The maximum Gasteiger partial charge on any atom is 0.434 e. The summed E-state index contributed by atoms with van der Waals surface area (Å²) in [5.41, 5.74) is 2.22. The van der Waals surface area contributed by atoms with E-state index in [9.17, 15) is 9.18 Å². The van der Waals surface area contributed by atoms with Gasteiger partial charge < -0.3 is 19.2 Å². The predicted octanol–water partition coefficient (Wildman–Crippen LogP) is 3.38. The fourth-order valence-corrected chi connectivity index (χ4v) is 4.46. The number of para-hydroxylation sites is 1. The second-order valence-corrected chi connectivity index (χ2v) is 8.52. The van der Waals surface area contributed by atoms with Gasteiger partial charge in [0.2, 0.25) is 17.3 Å². The van der Waals surface area contributed by atoms with Crippen molar-refractivity contribution in [3.8, 4) is 0 Å². The van der Waals surface area contributed by atoms with Gasteiger partial charge in [-0.1, -0.05) is 35.5 Å². The van der Waals surface area contributed by atoms with Crippen LogP contribution < -0.4 is 16.4 Å². The molecule has 3 aromatic heterocycles. The quantitative estimate of drug-likeness (QED) is 0.213. The van der Waals surface area contributed by atoms with Crippen molar-refractivity contribution in [3.05, 3.63) is 106 Å². The lowest BCUT2D eigenvalue weighted by molar-refractivity contribution is 0.322. The second-order valence-electron chi connectivity index (χ2n) is 8.52. The molecule has 10 nitrogen and oxygen atoms in total. The van der Waals surface area contributed by atoms with Crippen LogP contribution in [0.5, 0.6) is 0 Å². The molecule has 190 valence electrons. The van der Waals surface area contributed by atoms with Crippen LogP contribution in [0.1, 0.15) is 40.8 Å². The summed E-state index contributed by atoms with van der Waals surface area (Å²) in [4.78, 5) is 19.9. The molecule has 3 heterocycles. The molecule has 0 amide bonds. The molecule has 0 aliphatic carbocycles. The summed E-state index contributed by atoms with van der Waals surface area (Å²) in [5, 5.41) is 18.2. The van der Waals surface area contributed by atoms with Crippen molar-refractivity contribution in [2.24, 2.45) is 0 Å². The van der Waals surface area contributed by atoms with Gasteiger partial charge in [-0.2, -0.15) is 4.98 Å². The molecule has 1 unspecified atom stereocenters. The SMILES string of the molecule is CNC(c1noc(C)n1)(c1n[nH]c(=O)o1)c1[nH]c2ccccc2c1CCCN/C=C/c1ccc(F)cc1. The lowest BCUT2D eigenvalue weighted by Gasteiger charge is -2.27. The number of H-pyrrole nitrogens is 2. The first-order valence-corrected chi connectivity index (χ1v) is 11.8. The Bertz CT molecular complexity index is 1580. The highest BCUT2D eigenvalue weighted by atomic mass is 19.1. The molecule has 0 saturated heterocycles. The standard InChI is InChI=1S/C26H26FN7O3/c1-16-30-23(34-37-16)26(28-2,24-32-33-25(35)36-24)22-20(19-6-3-4-8-21(19)31-22)7-5-14-29-15-13-17-9-11-18(27)12-10-17/h3-4,6,8-13,15,28-29,31H,5,7,14H2,1-2H3,(H,33,35)/b15-13+. The van der Waals surface area contributed by atoms with Crippen molar-refractivity contribution >= 4 is 17.0 Å². The summed E-state index contributed by atoms with van der Waals surface area (Å²) in [7, 11) is 1.72. The van der Waals surface area contributed by atoms with Crippen LogP contribution in [0, 0.1) is 12.7 Å². The van der Waals surface area contributed by atoms with E-state index in [1.807, 2.05) is 36.5 Å². The molecule has 5 aromatic rings. The van der Waals surface area contributed by atoms with Crippen LogP contribution in [0.15, 0.2) is 68.5 Å². The average molecular weight is 504 g/mol. The number of fused-ring (bicyclic) bond motifs is 1. The minimum absolute atomic E-state index is 0.0639. The fraction of sp³-hybridized carbons (Fsp3) is 0.231. The Morgan fingerprint density at radius 3 is 2.68 bits per heavy atom. The molecule has 0 bridgehead atoms. The number of aromatic nitrogens is 5. The van der Waals surface area contributed by atoms with E-state index >= 15 is 0 Å². The van der Waals surface area contributed by atoms with Crippen molar-refractivity contribution in [1.82, 2.24) is 36.0 Å². The van der Waals surface area contributed by atoms with Gasteiger partial charge in [0, 0.05) is 24.4 Å². The molecule has 0 radical (unpaired) electrons. The van der Waals surface area contributed by atoms with Crippen molar-refractivity contribution in [1.29, 1.82) is 0 Å². The second kappa shape index (κ2) is 10.2. The molecule has 37 heavy (non-hydrogen) atoms. The number of benzene rings is 2. The largest absolute Gasteiger partial charge is 0.434 e. The van der Waals surface area contributed by atoms with Crippen LogP contribution in [0.4, 0.5) is 4.39 Å². The first-order valence-electron chi connectivity index (χ1n) is 11.8. The molecule has 4 N–H and O–H groups in total. The van der Waals surface area contributed by atoms with Crippen LogP contribution in [0.2, 0.25) is 0 Å². The summed E-state index contributed by atoms with van der Waals surface area (Å²) in [6.45, 7) is 2.39. The van der Waals surface area contributed by atoms with Gasteiger partial charge in [0.05, 0.1) is 5.69 Å². The predicted molar refractivity (Wildman–Crippen MR) is 135 cm³/mol. The highest BCUT2D eigenvalue weighted by molar-refractivity contribution is 5.85. The van der Waals surface area contributed by atoms with Gasteiger partial charge in [-0.25, -0.2) is 14.3 Å². The molecule has 1 atom stereocenters. The summed E-state index contributed by atoms with van der Waals surface area (Å²) in [6.07, 6.45) is 5.21. The zero-order chi connectivity index (χ0) is 25.8. The van der Waals surface area contributed by atoms with Gasteiger partial charge >= 0.3 is 5.76 Å². The maximum atomic E-state index is 13.1. The lowest BCUT2D eigenvalue weighted by atomic mass is 9.88. The Labute approximate surface area is 211 Å². The minimum atomic E-state index is -1.30. The summed E-state index contributed by atoms with van der Waals surface area (Å²) < 4.78 is 23.8. The number of aryl methyl sites for hydroxylation is 2. The highest BCUT2D eigenvalue weighted by Gasteiger charge is 2.47. The van der Waals surface area contributed by atoms with Crippen molar-refractivity contribution in [3.63, 3.8) is 0 Å². The van der Waals surface area contributed by atoms with E-state index in [-0.39, 0.29) is 17.5 Å². The van der Waals surface area contributed by atoms with E-state index in [0.29, 0.717) is 24.6 Å². The van der Waals surface area contributed by atoms with Crippen LogP contribution in [-0.2, 0) is 12.0 Å². The van der Waals surface area contributed by atoms with E-state index in [1.54, 1.807) is 26.1 Å². The third kappa shape index (κ3) is 4.68. The molecule has 0 fully saturated rings. The number of nitrogens with one attached hydrogen (secondary N) is 4. The number of aromatic amines is 2. The molecule has 0 saturated carbocycles. The van der Waals surface area contributed by atoms with Gasteiger partial charge in [0.1, 0.15) is 5.82 Å². The Morgan fingerprint density at radius 1 is 1.16 bits per heavy atom. The van der Waals surface area contributed by atoms with Gasteiger partial charge in [0.25, 0.3) is 5.89 Å². The van der Waals surface area contributed by atoms with Crippen molar-refractivity contribution in [2.75, 3.05) is 13.6 Å². The van der Waals surface area contributed by atoms with Crippen LogP contribution >= 0.6 is 0 Å². The number of hydrogen-bond donors (Lipinski definition) is 4. The normalized spacial score (nSPS) is 13.4. The van der Waals surface area contributed by atoms with Gasteiger partial charge in [-0.3, -0.25) is 5.32 Å². The summed E-state index contributed by atoms with van der Waals surface area (Å²) in [5.74, 6) is -0.265. The van der Waals surface area contributed by atoms with Crippen LogP contribution in [0.3, 0.4) is 0 Å². The first-order chi connectivity index (χ1) is 18.0. The summed E-state index contributed by atoms with van der Waals surface area (Å²) >= 11 is 0. The smallest absolute Gasteiger partial charge is 0.391 e. The molecule has 11 heteroatoms. The van der Waals surface area contributed by atoms with Gasteiger partial charge in [-0.15, -0.1) is 5.10 Å². The zero-order valence-electron chi connectivity index (χ0n) is 20.3. The Balaban J connectivity index is 1.47. The zero-order valence-corrected chi connectivity index (χ0v) is 20.3. The van der Waals surface area contributed by atoms with E-state index in [4.69, 9.17) is 8.94 Å². The van der Waals surface area contributed by atoms with E-state index < -0.39 is 11.3 Å². The number of rotatable bonds is 10. The van der Waals surface area contributed by atoms with Crippen molar-refractivity contribution in [2.45, 2.75) is 25.3 Å². The van der Waals surface area contributed by atoms with Crippen molar-refractivity contribution < 1.29 is 13.3 Å². The molecule has 0 aliphatic rings. The molecular weight excluding hydrogens is 477 g/mol. The molecule has 2 aromatic carbocycles. The third-order valence-corrected chi connectivity index (χ3v) is 6.20. The first kappa shape index (κ1) is 24.2.